The molecule has 2 aromatic rings. The van der Waals surface area contributed by atoms with Gasteiger partial charge in [-0.3, -0.25) is 14.5 Å². The van der Waals surface area contributed by atoms with Crippen LogP contribution in [0.25, 0.3) is 0 Å². The van der Waals surface area contributed by atoms with Crippen LogP contribution in [-0.2, 0) is 11.3 Å². The second kappa shape index (κ2) is 8.97. The fourth-order valence-electron chi connectivity index (χ4n) is 4.15. The van der Waals surface area contributed by atoms with Crippen molar-refractivity contribution in [3.63, 3.8) is 0 Å². The Kier molecular flexibility index (Phi) is 6.16. The van der Waals surface area contributed by atoms with E-state index >= 15 is 0 Å². The highest BCUT2D eigenvalue weighted by Gasteiger charge is 2.27. The number of amides is 2. The summed E-state index contributed by atoms with van der Waals surface area (Å²) in [6.45, 7) is 3.48. The molecule has 2 aliphatic heterocycles. The van der Waals surface area contributed by atoms with Crippen molar-refractivity contribution in [1.82, 2.24) is 10.2 Å². The van der Waals surface area contributed by atoms with Crippen molar-refractivity contribution >= 4 is 29.1 Å². The topological polar surface area (TPSA) is 52.7 Å². The monoisotopic (exact) mass is 411 g/mol. The predicted octanol–water partition coefficient (Wildman–Crippen LogP) is 3.86. The molecule has 2 heterocycles. The minimum Gasteiger partial charge on any atom is -0.349 e. The highest BCUT2D eigenvalue weighted by atomic mass is 35.5. The average molecular weight is 412 g/mol. The molecule has 0 radical (unpaired) electrons. The lowest BCUT2D eigenvalue weighted by Gasteiger charge is -2.32. The van der Waals surface area contributed by atoms with Crippen molar-refractivity contribution in [3.8, 4) is 0 Å². The molecule has 2 saturated heterocycles. The van der Waals surface area contributed by atoms with Gasteiger partial charge in [-0.1, -0.05) is 35.9 Å². The minimum absolute atomic E-state index is 0.0866. The van der Waals surface area contributed by atoms with E-state index < -0.39 is 0 Å². The van der Waals surface area contributed by atoms with E-state index in [1.54, 1.807) is 4.90 Å². The number of carbonyl (C=O) groups excluding carboxylic acids is 2. The first-order chi connectivity index (χ1) is 14.1. The Morgan fingerprint density at radius 2 is 1.76 bits per heavy atom. The maximum absolute atomic E-state index is 12.9. The number of hydrogen-bond acceptors (Lipinski definition) is 3. The first kappa shape index (κ1) is 19.9. The van der Waals surface area contributed by atoms with Crippen LogP contribution < -0.4 is 10.2 Å². The van der Waals surface area contributed by atoms with E-state index in [0.717, 1.165) is 49.6 Å². The molecule has 0 atom stereocenters. The molecule has 4 rings (SSSR count). The van der Waals surface area contributed by atoms with Gasteiger partial charge in [0.15, 0.2) is 0 Å². The van der Waals surface area contributed by atoms with E-state index in [1.165, 1.54) is 5.56 Å². The maximum atomic E-state index is 12.9. The fraction of sp³-hybridized carbons (Fsp3) is 0.391. The van der Waals surface area contributed by atoms with E-state index in [4.69, 9.17) is 11.6 Å². The second-order valence-corrected chi connectivity index (χ2v) is 8.25. The molecular formula is C23H26ClN3O2. The minimum atomic E-state index is -0.0866. The third kappa shape index (κ3) is 4.80. The number of rotatable bonds is 5. The molecule has 2 amide bonds. The Morgan fingerprint density at radius 3 is 2.45 bits per heavy atom. The number of nitrogens with zero attached hydrogens (tertiary/aromatic N) is 2. The normalized spacial score (nSPS) is 18.2. The molecule has 0 aromatic heterocycles. The van der Waals surface area contributed by atoms with Crippen LogP contribution in [0.2, 0.25) is 5.02 Å². The van der Waals surface area contributed by atoms with Crippen molar-refractivity contribution in [2.75, 3.05) is 24.5 Å². The second-order valence-electron chi connectivity index (χ2n) is 7.82. The quantitative estimate of drug-likeness (QED) is 0.812. The molecule has 0 saturated carbocycles. The Morgan fingerprint density at radius 1 is 1.03 bits per heavy atom. The first-order valence-electron chi connectivity index (χ1n) is 10.3. The van der Waals surface area contributed by atoms with Crippen LogP contribution in [0.1, 0.15) is 41.6 Å². The summed E-state index contributed by atoms with van der Waals surface area (Å²) in [4.78, 5) is 29.2. The van der Waals surface area contributed by atoms with E-state index in [1.807, 2.05) is 36.4 Å². The molecule has 6 heteroatoms. The van der Waals surface area contributed by atoms with E-state index in [2.05, 4.69) is 22.3 Å². The van der Waals surface area contributed by atoms with E-state index in [9.17, 15) is 9.59 Å². The van der Waals surface area contributed by atoms with Crippen LogP contribution in [0, 0.1) is 0 Å². The number of nitrogens with one attached hydrogen (secondary N) is 1. The van der Waals surface area contributed by atoms with Crippen molar-refractivity contribution in [2.45, 2.75) is 38.3 Å². The van der Waals surface area contributed by atoms with Crippen LogP contribution in [0.5, 0.6) is 0 Å². The third-order valence-electron chi connectivity index (χ3n) is 5.76. The van der Waals surface area contributed by atoms with Crippen LogP contribution in [-0.4, -0.2) is 42.4 Å². The summed E-state index contributed by atoms with van der Waals surface area (Å²) in [5, 5.41) is 3.94. The maximum Gasteiger partial charge on any atom is 0.253 e. The van der Waals surface area contributed by atoms with Gasteiger partial charge >= 0.3 is 0 Å². The smallest absolute Gasteiger partial charge is 0.253 e. The fourth-order valence-corrected chi connectivity index (χ4v) is 4.28. The zero-order valence-electron chi connectivity index (χ0n) is 16.4. The van der Waals surface area contributed by atoms with Crippen LogP contribution in [0.3, 0.4) is 0 Å². The lowest BCUT2D eigenvalue weighted by atomic mass is 10.0. The molecule has 0 aliphatic carbocycles. The number of piperidine rings is 1. The van der Waals surface area contributed by atoms with Gasteiger partial charge in [-0.05, 0) is 49.1 Å². The van der Waals surface area contributed by atoms with Crippen LogP contribution in [0.4, 0.5) is 5.69 Å². The number of likely N-dealkylation sites (tertiary alicyclic amines) is 1. The number of anilines is 1. The van der Waals surface area contributed by atoms with Crippen molar-refractivity contribution < 1.29 is 9.59 Å². The Bertz CT molecular complexity index is 876. The van der Waals surface area contributed by atoms with Crippen LogP contribution in [0.15, 0.2) is 48.5 Å². The summed E-state index contributed by atoms with van der Waals surface area (Å²) in [6, 6.07) is 15.5. The molecule has 2 aliphatic rings. The molecule has 0 unspecified atom stereocenters. The highest BCUT2D eigenvalue weighted by molar-refractivity contribution is 6.30. The summed E-state index contributed by atoms with van der Waals surface area (Å²) >= 11 is 5.96. The first-order valence-corrected chi connectivity index (χ1v) is 10.6. The molecule has 5 nitrogen and oxygen atoms in total. The number of para-hydroxylation sites is 1. The number of halogens is 1. The molecule has 29 heavy (non-hydrogen) atoms. The van der Waals surface area contributed by atoms with Gasteiger partial charge in [-0.2, -0.15) is 0 Å². The molecule has 0 bridgehead atoms. The lowest BCUT2D eigenvalue weighted by molar-refractivity contribution is -0.117. The van der Waals surface area contributed by atoms with Crippen molar-refractivity contribution in [1.29, 1.82) is 0 Å². The van der Waals surface area contributed by atoms with Gasteiger partial charge < -0.3 is 10.2 Å². The standard InChI is InChI=1S/C23H26ClN3O2/c24-18-9-7-17(8-10-18)16-26-14-11-19(12-15-26)25-23(29)20-4-1-2-5-21(20)27-13-3-6-22(27)28/h1-2,4-5,7-10,19H,3,6,11-16H2,(H,25,29). The third-order valence-corrected chi connectivity index (χ3v) is 6.01. The van der Waals surface area contributed by atoms with Crippen LogP contribution >= 0.6 is 11.6 Å². The number of benzene rings is 2. The van der Waals surface area contributed by atoms with Gasteiger partial charge in [0, 0.05) is 43.7 Å². The summed E-state index contributed by atoms with van der Waals surface area (Å²) in [6.07, 6.45) is 3.25. The molecule has 2 fully saturated rings. The van der Waals surface area contributed by atoms with Crippen molar-refractivity contribution in [3.05, 3.63) is 64.7 Å². The van der Waals surface area contributed by atoms with Gasteiger partial charge in [0.25, 0.3) is 5.91 Å². The summed E-state index contributed by atoms with van der Waals surface area (Å²) in [5.74, 6) is 0.0113. The lowest BCUT2D eigenvalue weighted by Crippen LogP contribution is -2.44. The van der Waals surface area contributed by atoms with Gasteiger partial charge in [-0.25, -0.2) is 0 Å². The zero-order chi connectivity index (χ0) is 20.2. The van der Waals surface area contributed by atoms with Gasteiger partial charge in [0.05, 0.1) is 11.3 Å². The van der Waals surface area contributed by atoms with Gasteiger partial charge in [-0.15, -0.1) is 0 Å². The largest absolute Gasteiger partial charge is 0.349 e. The molecule has 152 valence electrons. The zero-order valence-corrected chi connectivity index (χ0v) is 17.2. The SMILES string of the molecule is O=C(NC1CCN(Cc2ccc(Cl)cc2)CC1)c1ccccc1N1CCCC1=O. The molecular weight excluding hydrogens is 386 g/mol. The Labute approximate surface area is 176 Å². The molecule has 0 spiro atoms. The summed E-state index contributed by atoms with van der Waals surface area (Å²) in [5.41, 5.74) is 2.57. The Balaban J connectivity index is 1.33. The van der Waals surface area contributed by atoms with Crippen molar-refractivity contribution in [2.24, 2.45) is 0 Å². The van der Waals surface area contributed by atoms with Gasteiger partial charge in [0.2, 0.25) is 5.91 Å². The van der Waals surface area contributed by atoms with E-state index in [-0.39, 0.29) is 17.9 Å². The average Bonchev–Trinajstić information content (AvgIpc) is 3.17. The molecule has 2 aromatic carbocycles. The Hall–Kier alpha value is -2.37. The summed E-state index contributed by atoms with van der Waals surface area (Å²) < 4.78 is 0. The molecule has 1 N–H and O–H groups in total. The summed E-state index contributed by atoms with van der Waals surface area (Å²) in [7, 11) is 0. The van der Waals surface area contributed by atoms with E-state index in [0.29, 0.717) is 18.5 Å². The number of hydrogen-bond donors (Lipinski definition) is 1. The predicted molar refractivity (Wildman–Crippen MR) is 115 cm³/mol. The number of carbonyl (C=O) groups is 2. The van der Waals surface area contributed by atoms with Gasteiger partial charge in [0.1, 0.15) is 0 Å². The highest BCUT2D eigenvalue weighted by Crippen LogP contribution is 2.26.